The van der Waals surface area contributed by atoms with E-state index in [-0.39, 0.29) is 30.1 Å². The van der Waals surface area contributed by atoms with Crippen LogP contribution in [0.4, 0.5) is 10.1 Å². The summed E-state index contributed by atoms with van der Waals surface area (Å²) in [6.07, 6.45) is 1.34. The first-order valence-electron chi connectivity index (χ1n) is 8.01. The monoisotopic (exact) mass is 326 g/mol. The van der Waals surface area contributed by atoms with Crippen molar-refractivity contribution in [2.24, 2.45) is 0 Å². The number of rotatable bonds is 5. The molecule has 2 aromatic rings. The van der Waals surface area contributed by atoms with E-state index in [1.165, 1.54) is 12.1 Å². The van der Waals surface area contributed by atoms with Crippen molar-refractivity contribution in [3.8, 4) is 0 Å². The maximum absolute atomic E-state index is 13.0. The second kappa shape index (κ2) is 7.25. The Balaban J connectivity index is 1.52. The normalized spacial score (nSPS) is 17.1. The molecule has 0 aliphatic carbocycles. The zero-order valence-corrected chi connectivity index (χ0v) is 13.2. The minimum atomic E-state index is -0.337. The first-order valence-corrected chi connectivity index (χ1v) is 8.01. The van der Waals surface area contributed by atoms with Gasteiger partial charge in [-0.15, -0.1) is 0 Å². The molecule has 0 unspecified atom stereocenters. The van der Waals surface area contributed by atoms with Crippen molar-refractivity contribution in [2.75, 3.05) is 11.4 Å². The quantitative estimate of drug-likeness (QED) is 0.918. The first-order chi connectivity index (χ1) is 11.6. The van der Waals surface area contributed by atoms with Gasteiger partial charge in [-0.1, -0.05) is 30.3 Å². The van der Waals surface area contributed by atoms with Crippen LogP contribution in [0.2, 0.25) is 0 Å². The molecule has 24 heavy (non-hydrogen) atoms. The van der Waals surface area contributed by atoms with Gasteiger partial charge in [-0.3, -0.25) is 9.59 Å². The molecular weight excluding hydrogens is 307 g/mol. The maximum atomic E-state index is 13.0. The Morgan fingerprint density at radius 1 is 1.12 bits per heavy atom. The number of anilines is 1. The maximum Gasteiger partial charge on any atom is 0.229 e. The van der Waals surface area contributed by atoms with E-state index in [1.807, 2.05) is 30.3 Å². The summed E-state index contributed by atoms with van der Waals surface area (Å²) in [6, 6.07) is 15.4. The molecule has 1 aliphatic heterocycles. The third kappa shape index (κ3) is 3.98. The molecule has 1 fully saturated rings. The van der Waals surface area contributed by atoms with Crippen LogP contribution in [-0.2, 0) is 16.0 Å². The summed E-state index contributed by atoms with van der Waals surface area (Å²) in [7, 11) is 0. The molecule has 1 heterocycles. The molecule has 2 amide bonds. The highest BCUT2D eigenvalue weighted by molar-refractivity contribution is 5.96. The Hall–Kier alpha value is -2.69. The predicted molar refractivity (Wildman–Crippen MR) is 90.1 cm³/mol. The van der Waals surface area contributed by atoms with Crippen LogP contribution in [0.3, 0.4) is 0 Å². The lowest BCUT2D eigenvalue weighted by Crippen LogP contribution is -2.37. The van der Waals surface area contributed by atoms with Crippen molar-refractivity contribution < 1.29 is 14.0 Å². The van der Waals surface area contributed by atoms with E-state index >= 15 is 0 Å². The summed E-state index contributed by atoms with van der Waals surface area (Å²) in [5.41, 5.74) is 1.77. The number of carbonyl (C=O) groups is 2. The number of hydrogen-bond donors (Lipinski definition) is 1. The number of nitrogens with zero attached hydrogens (tertiary/aromatic N) is 1. The number of carbonyl (C=O) groups excluding carboxylic acids is 2. The van der Waals surface area contributed by atoms with Gasteiger partial charge in [0.1, 0.15) is 5.82 Å². The average molecular weight is 326 g/mol. The fourth-order valence-electron chi connectivity index (χ4n) is 2.88. The van der Waals surface area contributed by atoms with Crippen LogP contribution in [0, 0.1) is 5.82 Å². The molecule has 0 spiro atoms. The minimum Gasteiger partial charge on any atom is -0.351 e. The summed E-state index contributed by atoms with van der Waals surface area (Å²) in [6.45, 7) is 0.418. The Kier molecular flexibility index (Phi) is 4.89. The molecular formula is C19H19FN2O2. The summed E-state index contributed by atoms with van der Waals surface area (Å²) < 4.78 is 13.0. The van der Waals surface area contributed by atoms with E-state index in [1.54, 1.807) is 17.0 Å². The second-order valence-corrected chi connectivity index (χ2v) is 5.93. The van der Waals surface area contributed by atoms with Crippen molar-refractivity contribution in [2.45, 2.75) is 25.3 Å². The van der Waals surface area contributed by atoms with Crippen LogP contribution in [0.25, 0.3) is 0 Å². The van der Waals surface area contributed by atoms with Gasteiger partial charge in [0.15, 0.2) is 0 Å². The number of benzene rings is 2. The third-order valence-electron chi connectivity index (χ3n) is 4.11. The summed E-state index contributed by atoms with van der Waals surface area (Å²) >= 11 is 0. The lowest BCUT2D eigenvalue weighted by Gasteiger charge is -2.17. The molecule has 0 aromatic heterocycles. The standard InChI is InChI=1S/C19H19FN2O2/c20-15-7-9-17(10-8-15)22-13-16(12-19(22)24)21-18(23)11-6-14-4-2-1-3-5-14/h1-5,7-10,16H,6,11-13H2,(H,21,23)/t16-/m0/s1. The lowest BCUT2D eigenvalue weighted by molar-refractivity contribution is -0.121. The van der Waals surface area contributed by atoms with Crippen LogP contribution in [0.1, 0.15) is 18.4 Å². The molecule has 1 aliphatic rings. The van der Waals surface area contributed by atoms with Crippen LogP contribution in [-0.4, -0.2) is 24.4 Å². The molecule has 1 atom stereocenters. The highest BCUT2D eigenvalue weighted by atomic mass is 19.1. The van der Waals surface area contributed by atoms with Gasteiger partial charge in [0.2, 0.25) is 11.8 Å². The SMILES string of the molecule is O=C(CCc1ccccc1)N[C@H]1CC(=O)N(c2ccc(F)cc2)C1. The van der Waals surface area contributed by atoms with Crippen LogP contribution < -0.4 is 10.2 Å². The van der Waals surface area contributed by atoms with Crippen LogP contribution in [0.5, 0.6) is 0 Å². The summed E-state index contributed by atoms with van der Waals surface area (Å²) in [5.74, 6) is -0.455. The minimum absolute atomic E-state index is 0.0578. The van der Waals surface area contributed by atoms with Gasteiger partial charge < -0.3 is 10.2 Å². The lowest BCUT2D eigenvalue weighted by atomic mass is 10.1. The Labute approximate surface area is 140 Å². The third-order valence-corrected chi connectivity index (χ3v) is 4.11. The van der Waals surface area contributed by atoms with Crippen LogP contribution >= 0.6 is 0 Å². The summed E-state index contributed by atoms with van der Waals surface area (Å²) in [4.78, 5) is 25.8. The van der Waals surface area contributed by atoms with E-state index in [2.05, 4.69) is 5.32 Å². The highest BCUT2D eigenvalue weighted by Gasteiger charge is 2.31. The Morgan fingerprint density at radius 2 is 1.83 bits per heavy atom. The zero-order valence-electron chi connectivity index (χ0n) is 13.2. The molecule has 1 saturated heterocycles. The van der Waals surface area contributed by atoms with Crippen molar-refractivity contribution in [1.29, 1.82) is 0 Å². The highest BCUT2D eigenvalue weighted by Crippen LogP contribution is 2.21. The topological polar surface area (TPSA) is 49.4 Å². The Bertz CT molecular complexity index is 716. The molecule has 2 aromatic carbocycles. The smallest absolute Gasteiger partial charge is 0.229 e. The number of hydrogen-bond acceptors (Lipinski definition) is 2. The zero-order chi connectivity index (χ0) is 16.9. The van der Waals surface area contributed by atoms with Gasteiger partial charge in [0, 0.05) is 25.1 Å². The van der Waals surface area contributed by atoms with Gasteiger partial charge in [0.25, 0.3) is 0 Å². The molecule has 5 heteroatoms. The van der Waals surface area contributed by atoms with Gasteiger partial charge >= 0.3 is 0 Å². The van der Waals surface area contributed by atoms with E-state index in [4.69, 9.17) is 0 Å². The molecule has 4 nitrogen and oxygen atoms in total. The van der Waals surface area contributed by atoms with Gasteiger partial charge in [-0.25, -0.2) is 4.39 Å². The molecule has 0 bridgehead atoms. The number of nitrogens with one attached hydrogen (secondary N) is 1. The fourth-order valence-corrected chi connectivity index (χ4v) is 2.88. The molecule has 3 rings (SSSR count). The van der Waals surface area contributed by atoms with E-state index in [0.717, 1.165) is 5.56 Å². The number of halogens is 1. The van der Waals surface area contributed by atoms with E-state index in [9.17, 15) is 14.0 Å². The van der Waals surface area contributed by atoms with Crippen molar-refractivity contribution >= 4 is 17.5 Å². The number of aryl methyl sites for hydroxylation is 1. The average Bonchev–Trinajstić information content (AvgIpc) is 2.95. The van der Waals surface area contributed by atoms with Gasteiger partial charge in [-0.2, -0.15) is 0 Å². The fraction of sp³-hybridized carbons (Fsp3) is 0.263. The number of amides is 2. The molecule has 0 saturated carbocycles. The van der Waals surface area contributed by atoms with Crippen molar-refractivity contribution in [3.63, 3.8) is 0 Å². The van der Waals surface area contributed by atoms with Crippen LogP contribution in [0.15, 0.2) is 54.6 Å². The molecule has 1 N–H and O–H groups in total. The largest absolute Gasteiger partial charge is 0.351 e. The molecule has 124 valence electrons. The van der Waals surface area contributed by atoms with Crippen molar-refractivity contribution in [1.82, 2.24) is 5.32 Å². The van der Waals surface area contributed by atoms with E-state index in [0.29, 0.717) is 25.1 Å². The van der Waals surface area contributed by atoms with Crippen molar-refractivity contribution in [3.05, 3.63) is 66.0 Å². The molecule has 0 radical (unpaired) electrons. The first kappa shape index (κ1) is 16.2. The van der Waals surface area contributed by atoms with Gasteiger partial charge in [0.05, 0.1) is 6.04 Å². The second-order valence-electron chi connectivity index (χ2n) is 5.93. The van der Waals surface area contributed by atoms with Gasteiger partial charge in [-0.05, 0) is 36.2 Å². The summed E-state index contributed by atoms with van der Waals surface area (Å²) in [5, 5.41) is 2.92. The van der Waals surface area contributed by atoms with E-state index < -0.39 is 0 Å². The predicted octanol–water partition coefficient (Wildman–Crippen LogP) is 2.68. The Morgan fingerprint density at radius 3 is 2.54 bits per heavy atom.